The largest absolute Gasteiger partial charge is 0.444 e. The Labute approximate surface area is 143 Å². The monoisotopic (exact) mass is 338 g/mol. The lowest BCUT2D eigenvalue weighted by Crippen LogP contribution is -2.42. The van der Waals surface area contributed by atoms with Gasteiger partial charge < -0.3 is 20.3 Å². The van der Waals surface area contributed by atoms with Crippen molar-refractivity contribution in [1.82, 2.24) is 15.5 Å². The summed E-state index contributed by atoms with van der Waals surface area (Å²) in [5.41, 5.74) is 0.441. The molecule has 6 nitrogen and oxygen atoms in total. The highest BCUT2D eigenvalue weighted by molar-refractivity contribution is 5.79. The van der Waals surface area contributed by atoms with E-state index in [4.69, 9.17) is 4.74 Å². The predicted molar refractivity (Wildman–Crippen MR) is 93.5 cm³/mol. The summed E-state index contributed by atoms with van der Waals surface area (Å²) >= 11 is 0. The average Bonchev–Trinajstić information content (AvgIpc) is 2.50. The third kappa shape index (κ3) is 7.80. The van der Waals surface area contributed by atoms with Crippen LogP contribution in [0.4, 0.5) is 9.18 Å². The Bertz CT molecular complexity index is 553. The summed E-state index contributed by atoms with van der Waals surface area (Å²) in [6.07, 6.45) is -0.362. The third-order valence-corrected chi connectivity index (χ3v) is 3.04. The van der Waals surface area contributed by atoms with Gasteiger partial charge in [-0.1, -0.05) is 12.1 Å². The van der Waals surface area contributed by atoms with Gasteiger partial charge in [-0.05, 0) is 38.5 Å². The molecule has 134 valence electrons. The number of nitrogens with zero attached hydrogens (tertiary/aromatic N) is 2. The van der Waals surface area contributed by atoms with Gasteiger partial charge in [0.15, 0.2) is 5.96 Å². The van der Waals surface area contributed by atoms with Gasteiger partial charge in [-0.3, -0.25) is 4.99 Å². The number of amides is 1. The van der Waals surface area contributed by atoms with E-state index < -0.39 is 5.60 Å². The van der Waals surface area contributed by atoms with Crippen LogP contribution in [0.3, 0.4) is 0 Å². The summed E-state index contributed by atoms with van der Waals surface area (Å²) in [6.45, 7) is 7.03. The average molecular weight is 338 g/mol. The number of nitrogens with one attached hydrogen (secondary N) is 2. The molecule has 0 bridgehead atoms. The van der Waals surface area contributed by atoms with Gasteiger partial charge in [0.2, 0.25) is 0 Å². The van der Waals surface area contributed by atoms with Crippen molar-refractivity contribution in [2.24, 2.45) is 4.99 Å². The zero-order chi connectivity index (χ0) is 18.2. The fourth-order valence-corrected chi connectivity index (χ4v) is 1.78. The molecule has 0 radical (unpaired) electrons. The maximum atomic E-state index is 12.9. The molecular formula is C17H27FN4O2. The van der Waals surface area contributed by atoms with E-state index >= 15 is 0 Å². The fourth-order valence-electron chi connectivity index (χ4n) is 1.78. The highest BCUT2D eigenvalue weighted by Gasteiger charge is 2.19. The van der Waals surface area contributed by atoms with Crippen molar-refractivity contribution < 1.29 is 13.9 Å². The Balaban J connectivity index is 2.33. The number of carbonyl (C=O) groups is 1. The van der Waals surface area contributed by atoms with Crippen LogP contribution in [0.25, 0.3) is 0 Å². The summed E-state index contributed by atoms with van der Waals surface area (Å²) < 4.78 is 18.1. The number of guanidine groups is 1. The topological polar surface area (TPSA) is 66.0 Å². The molecular weight excluding hydrogens is 311 g/mol. The predicted octanol–water partition coefficient (Wildman–Crippen LogP) is 2.36. The lowest BCUT2D eigenvalue weighted by molar-refractivity contribution is 0.0302. The molecule has 7 heteroatoms. The maximum absolute atomic E-state index is 12.9. The van der Waals surface area contributed by atoms with Gasteiger partial charge in [-0.15, -0.1) is 0 Å². The number of hydrogen-bond acceptors (Lipinski definition) is 3. The minimum atomic E-state index is -0.508. The third-order valence-electron chi connectivity index (χ3n) is 3.04. The maximum Gasteiger partial charge on any atom is 0.410 e. The lowest BCUT2D eigenvalue weighted by Gasteiger charge is -2.24. The SMILES string of the molecule is CN=C(NCCN(C)C(=O)OC(C)(C)C)NCc1ccc(F)cc1. The van der Waals surface area contributed by atoms with Crippen molar-refractivity contribution in [2.75, 3.05) is 27.2 Å². The quantitative estimate of drug-likeness (QED) is 0.639. The van der Waals surface area contributed by atoms with E-state index in [1.165, 1.54) is 17.0 Å². The molecule has 0 spiro atoms. The Morgan fingerprint density at radius 1 is 1.25 bits per heavy atom. The van der Waals surface area contributed by atoms with Gasteiger partial charge in [0.1, 0.15) is 11.4 Å². The fraction of sp³-hybridized carbons (Fsp3) is 0.529. The second-order valence-electron chi connectivity index (χ2n) is 6.38. The summed E-state index contributed by atoms with van der Waals surface area (Å²) in [6, 6.07) is 6.27. The van der Waals surface area contributed by atoms with Crippen molar-refractivity contribution in [3.8, 4) is 0 Å². The number of hydrogen-bond donors (Lipinski definition) is 2. The summed E-state index contributed by atoms with van der Waals surface area (Å²) in [4.78, 5) is 17.5. The molecule has 0 fully saturated rings. The zero-order valence-electron chi connectivity index (χ0n) is 15.0. The van der Waals surface area contributed by atoms with Crippen LogP contribution >= 0.6 is 0 Å². The molecule has 24 heavy (non-hydrogen) atoms. The van der Waals surface area contributed by atoms with Gasteiger partial charge in [-0.2, -0.15) is 0 Å². The Morgan fingerprint density at radius 3 is 2.42 bits per heavy atom. The molecule has 1 aromatic rings. The van der Waals surface area contributed by atoms with Crippen LogP contribution in [0.1, 0.15) is 26.3 Å². The van der Waals surface area contributed by atoms with Crippen molar-refractivity contribution in [2.45, 2.75) is 32.9 Å². The molecule has 0 aliphatic rings. The van der Waals surface area contributed by atoms with Crippen molar-refractivity contribution >= 4 is 12.1 Å². The summed E-state index contributed by atoms with van der Waals surface area (Å²) in [7, 11) is 3.35. The van der Waals surface area contributed by atoms with Crippen LogP contribution in [0.15, 0.2) is 29.3 Å². The molecule has 1 aromatic carbocycles. The van der Waals surface area contributed by atoms with E-state index in [0.717, 1.165) is 5.56 Å². The molecule has 0 atom stereocenters. The second kappa shape index (κ2) is 9.10. The van der Waals surface area contributed by atoms with Crippen LogP contribution in [-0.2, 0) is 11.3 Å². The van der Waals surface area contributed by atoms with Gasteiger partial charge in [0.05, 0.1) is 0 Å². The Hall–Kier alpha value is -2.31. The number of ether oxygens (including phenoxy) is 1. The van der Waals surface area contributed by atoms with E-state index in [0.29, 0.717) is 25.6 Å². The summed E-state index contributed by atoms with van der Waals surface area (Å²) in [5.74, 6) is 0.350. The molecule has 0 aliphatic heterocycles. The van der Waals surface area contributed by atoms with Gasteiger partial charge in [0, 0.05) is 33.7 Å². The Kier molecular flexibility index (Phi) is 7.48. The van der Waals surface area contributed by atoms with Crippen molar-refractivity contribution in [1.29, 1.82) is 0 Å². The molecule has 1 rings (SSSR count). The van der Waals surface area contributed by atoms with E-state index in [2.05, 4.69) is 15.6 Å². The molecule has 0 saturated heterocycles. The van der Waals surface area contributed by atoms with Crippen LogP contribution < -0.4 is 10.6 Å². The molecule has 2 N–H and O–H groups in total. The molecule has 1 amide bonds. The number of carbonyl (C=O) groups excluding carboxylic acids is 1. The Morgan fingerprint density at radius 2 is 1.88 bits per heavy atom. The standard InChI is InChI=1S/C17H27FN4O2/c1-17(2,3)24-16(23)22(5)11-10-20-15(19-4)21-12-13-6-8-14(18)9-7-13/h6-9H,10-12H2,1-5H3,(H2,19,20,21). The van der Waals surface area contributed by atoms with Crippen molar-refractivity contribution in [3.63, 3.8) is 0 Å². The highest BCUT2D eigenvalue weighted by Crippen LogP contribution is 2.08. The van der Waals surface area contributed by atoms with Crippen LogP contribution in [0.2, 0.25) is 0 Å². The molecule has 0 heterocycles. The lowest BCUT2D eigenvalue weighted by atomic mass is 10.2. The number of aliphatic imine (C=N–C) groups is 1. The molecule has 0 saturated carbocycles. The minimum Gasteiger partial charge on any atom is -0.444 e. The summed E-state index contributed by atoms with van der Waals surface area (Å²) in [5, 5.41) is 6.24. The van der Waals surface area contributed by atoms with Gasteiger partial charge in [-0.25, -0.2) is 9.18 Å². The first kappa shape index (κ1) is 19.7. The molecule has 0 unspecified atom stereocenters. The number of rotatable bonds is 5. The molecule has 0 aliphatic carbocycles. The van der Waals surface area contributed by atoms with E-state index in [1.807, 2.05) is 20.8 Å². The minimum absolute atomic E-state index is 0.258. The van der Waals surface area contributed by atoms with Crippen LogP contribution in [-0.4, -0.2) is 49.7 Å². The van der Waals surface area contributed by atoms with Crippen LogP contribution in [0.5, 0.6) is 0 Å². The second-order valence-corrected chi connectivity index (χ2v) is 6.38. The highest BCUT2D eigenvalue weighted by atomic mass is 19.1. The van der Waals surface area contributed by atoms with E-state index in [1.54, 1.807) is 26.2 Å². The van der Waals surface area contributed by atoms with Gasteiger partial charge >= 0.3 is 6.09 Å². The smallest absolute Gasteiger partial charge is 0.410 e. The number of halogens is 1. The first-order valence-corrected chi connectivity index (χ1v) is 7.84. The molecule has 0 aromatic heterocycles. The van der Waals surface area contributed by atoms with Gasteiger partial charge in [0.25, 0.3) is 0 Å². The van der Waals surface area contributed by atoms with E-state index in [-0.39, 0.29) is 11.9 Å². The number of benzene rings is 1. The normalized spacial score (nSPS) is 11.8. The van der Waals surface area contributed by atoms with Crippen LogP contribution in [0, 0.1) is 5.82 Å². The first-order chi connectivity index (χ1) is 11.2. The zero-order valence-corrected chi connectivity index (χ0v) is 15.0. The van der Waals surface area contributed by atoms with Crippen molar-refractivity contribution in [3.05, 3.63) is 35.6 Å². The first-order valence-electron chi connectivity index (χ1n) is 7.84. The number of likely N-dealkylation sites (N-methyl/N-ethyl adjacent to an activating group) is 1. The van der Waals surface area contributed by atoms with E-state index in [9.17, 15) is 9.18 Å².